The monoisotopic (exact) mass is 274 g/mol. The fourth-order valence-electron chi connectivity index (χ4n) is 2.16. The Balaban J connectivity index is 2.58. The lowest BCUT2D eigenvalue weighted by Gasteiger charge is -2.42. The Hall–Kier alpha value is -1.34. The van der Waals surface area contributed by atoms with Crippen LogP contribution in [-0.4, -0.2) is 64.6 Å². The highest BCUT2D eigenvalue weighted by Gasteiger charge is 2.35. The molecule has 0 saturated carbocycles. The van der Waals surface area contributed by atoms with Crippen LogP contribution in [-0.2, 0) is 9.53 Å². The van der Waals surface area contributed by atoms with Gasteiger partial charge in [-0.2, -0.15) is 0 Å². The standard InChI is InChI=1S/C12H22N2O5/c1-8(4-10(16)17)13-11(18)14-5-9(6-15)19-12(2,3)7-14/h8-9,15H,4-7H2,1-3H3,(H,13,18)(H,16,17). The molecule has 2 amide bonds. The Kier molecular flexibility index (Phi) is 5.13. The lowest BCUT2D eigenvalue weighted by molar-refractivity contribution is -0.139. The normalized spacial score (nSPS) is 23.8. The summed E-state index contributed by atoms with van der Waals surface area (Å²) in [4.78, 5) is 24.1. The molecule has 7 nitrogen and oxygen atoms in total. The first-order chi connectivity index (χ1) is 8.73. The highest BCUT2D eigenvalue weighted by Crippen LogP contribution is 2.20. The number of morpholine rings is 1. The summed E-state index contributed by atoms with van der Waals surface area (Å²) in [6.07, 6.45) is -0.535. The van der Waals surface area contributed by atoms with E-state index < -0.39 is 23.7 Å². The molecule has 2 unspecified atom stereocenters. The van der Waals surface area contributed by atoms with Crippen LogP contribution in [0.4, 0.5) is 4.79 Å². The summed E-state index contributed by atoms with van der Waals surface area (Å²) in [7, 11) is 0. The lowest BCUT2D eigenvalue weighted by atomic mass is 10.1. The second kappa shape index (κ2) is 6.21. The number of amides is 2. The van der Waals surface area contributed by atoms with E-state index >= 15 is 0 Å². The average Bonchev–Trinajstić information content (AvgIpc) is 2.25. The van der Waals surface area contributed by atoms with E-state index in [-0.39, 0.29) is 19.1 Å². The number of nitrogens with zero attached hydrogens (tertiary/aromatic N) is 1. The van der Waals surface area contributed by atoms with Crippen LogP contribution in [0.3, 0.4) is 0 Å². The topological polar surface area (TPSA) is 99.1 Å². The largest absolute Gasteiger partial charge is 0.481 e. The van der Waals surface area contributed by atoms with Crippen molar-refractivity contribution < 1.29 is 24.5 Å². The van der Waals surface area contributed by atoms with Gasteiger partial charge in [0.05, 0.1) is 37.8 Å². The van der Waals surface area contributed by atoms with Crippen molar-refractivity contribution in [2.75, 3.05) is 19.7 Å². The van der Waals surface area contributed by atoms with Crippen molar-refractivity contribution in [1.82, 2.24) is 10.2 Å². The molecule has 1 saturated heterocycles. The van der Waals surface area contributed by atoms with Crippen molar-refractivity contribution in [3.8, 4) is 0 Å². The Labute approximate surface area is 112 Å². The van der Waals surface area contributed by atoms with E-state index in [1.807, 2.05) is 13.8 Å². The molecule has 0 spiro atoms. The molecular formula is C12H22N2O5. The first kappa shape index (κ1) is 15.7. The molecule has 0 aromatic rings. The Bertz CT molecular complexity index is 345. The third-order valence-corrected chi connectivity index (χ3v) is 2.82. The molecule has 0 aliphatic carbocycles. The number of aliphatic hydroxyl groups excluding tert-OH is 1. The van der Waals surface area contributed by atoms with Gasteiger partial charge in [0, 0.05) is 6.04 Å². The van der Waals surface area contributed by atoms with Gasteiger partial charge in [-0.15, -0.1) is 0 Å². The number of hydrogen-bond acceptors (Lipinski definition) is 4. The quantitative estimate of drug-likeness (QED) is 0.672. The predicted molar refractivity (Wildman–Crippen MR) is 67.9 cm³/mol. The van der Waals surface area contributed by atoms with E-state index in [2.05, 4.69) is 5.32 Å². The van der Waals surface area contributed by atoms with Gasteiger partial charge >= 0.3 is 12.0 Å². The number of carbonyl (C=O) groups excluding carboxylic acids is 1. The molecule has 7 heteroatoms. The summed E-state index contributed by atoms with van der Waals surface area (Å²) < 4.78 is 5.61. The summed E-state index contributed by atoms with van der Waals surface area (Å²) >= 11 is 0. The molecule has 2 atom stereocenters. The van der Waals surface area contributed by atoms with Gasteiger partial charge in [0.15, 0.2) is 0 Å². The van der Waals surface area contributed by atoms with E-state index in [0.717, 1.165) is 0 Å². The van der Waals surface area contributed by atoms with Gasteiger partial charge in [-0.1, -0.05) is 0 Å². The minimum atomic E-state index is -0.955. The number of carboxylic acids is 1. The van der Waals surface area contributed by atoms with Gasteiger partial charge in [0.25, 0.3) is 0 Å². The van der Waals surface area contributed by atoms with Crippen molar-refractivity contribution in [3.05, 3.63) is 0 Å². The van der Waals surface area contributed by atoms with Crippen LogP contribution in [0.25, 0.3) is 0 Å². The number of nitrogens with one attached hydrogen (secondary N) is 1. The minimum Gasteiger partial charge on any atom is -0.481 e. The number of ether oxygens (including phenoxy) is 1. The van der Waals surface area contributed by atoms with E-state index in [1.165, 1.54) is 0 Å². The smallest absolute Gasteiger partial charge is 0.317 e. The maximum Gasteiger partial charge on any atom is 0.317 e. The minimum absolute atomic E-state index is 0.122. The van der Waals surface area contributed by atoms with Crippen LogP contribution in [0.2, 0.25) is 0 Å². The first-order valence-electron chi connectivity index (χ1n) is 6.29. The third kappa shape index (κ3) is 5.04. The van der Waals surface area contributed by atoms with Gasteiger partial charge in [-0.3, -0.25) is 4.79 Å². The first-order valence-corrected chi connectivity index (χ1v) is 6.29. The zero-order valence-corrected chi connectivity index (χ0v) is 11.5. The fourth-order valence-corrected chi connectivity index (χ4v) is 2.16. The van der Waals surface area contributed by atoms with Gasteiger partial charge < -0.3 is 25.2 Å². The van der Waals surface area contributed by atoms with E-state index in [1.54, 1.807) is 11.8 Å². The van der Waals surface area contributed by atoms with Crippen molar-refractivity contribution in [3.63, 3.8) is 0 Å². The SMILES string of the molecule is CC(CC(=O)O)NC(=O)N1CC(CO)OC(C)(C)C1. The maximum absolute atomic E-state index is 12.0. The van der Waals surface area contributed by atoms with Gasteiger partial charge in [-0.05, 0) is 20.8 Å². The summed E-state index contributed by atoms with van der Waals surface area (Å²) in [6.45, 7) is 5.87. The summed E-state index contributed by atoms with van der Waals surface area (Å²) in [5.41, 5.74) is -0.529. The molecule has 19 heavy (non-hydrogen) atoms. The maximum atomic E-state index is 12.0. The van der Waals surface area contributed by atoms with Crippen LogP contribution < -0.4 is 5.32 Å². The second-order valence-corrected chi connectivity index (χ2v) is 5.51. The summed E-state index contributed by atoms with van der Waals surface area (Å²) in [5, 5.41) is 20.4. The van der Waals surface area contributed by atoms with Crippen LogP contribution in [0.1, 0.15) is 27.2 Å². The molecule has 1 fully saturated rings. The molecule has 0 bridgehead atoms. The Morgan fingerprint density at radius 3 is 2.68 bits per heavy atom. The molecule has 0 aromatic heterocycles. The molecule has 0 radical (unpaired) electrons. The number of carboxylic acid groups (broad SMARTS) is 1. The number of carbonyl (C=O) groups is 2. The second-order valence-electron chi connectivity index (χ2n) is 5.51. The number of aliphatic carboxylic acids is 1. The molecule has 1 aliphatic heterocycles. The molecule has 1 aliphatic rings. The molecule has 110 valence electrons. The molecular weight excluding hydrogens is 252 g/mol. The highest BCUT2D eigenvalue weighted by atomic mass is 16.5. The molecule has 1 rings (SSSR count). The lowest BCUT2D eigenvalue weighted by Crippen LogP contribution is -2.58. The zero-order valence-electron chi connectivity index (χ0n) is 11.5. The van der Waals surface area contributed by atoms with Crippen molar-refractivity contribution in [1.29, 1.82) is 0 Å². The third-order valence-electron chi connectivity index (χ3n) is 2.82. The van der Waals surface area contributed by atoms with E-state index in [9.17, 15) is 9.59 Å². The van der Waals surface area contributed by atoms with Gasteiger partial charge in [-0.25, -0.2) is 4.79 Å². The van der Waals surface area contributed by atoms with Crippen LogP contribution in [0.15, 0.2) is 0 Å². The van der Waals surface area contributed by atoms with Crippen molar-refractivity contribution in [2.24, 2.45) is 0 Å². The fraction of sp³-hybridized carbons (Fsp3) is 0.833. The van der Waals surface area contributed by atoms with Gasteiger partial charge in [0.1, 0.15) is 0 Å². The van der Waals surface area contributed by atoms with E-state index in [4.69, 9.17) is 14.9 Å². The van der Waals surface area contributed by atoms with Crippen molar-refractivity contribution in [2.45, 2.75) is 44.9 Å². The summed E-state index contributed by atoms with van der Waals surface area (Å²) in [6, 6.07) is -0.771. The van der Waals surface area contributed by atoms with Crippen LogP contribution in [0.5, 0.6) is 0 Å². The number of aliphatic hydroxyl groups is 1. The molecule has 0 aromatic carbocycles. The highest BCUT2D eigenvalue weighted by molar-refractivity contribution is 5.76. The van der Waals surface area contributed by atoms with Crippen molar-refractivity contribution >= 4 is 12.0 Å². The van der Waals surface area contributed by atoms with E-state index in [0.29, 0.717) is 13.1 Å². The predicted octanol–water partition coefficient (Wildman–Crippen LogP) is 0.0309. The molecule has 3 N–H and O–H groups in total. The van der Waals surface area contributed by atoms with Gasteiger partial charge in [0.2, 0.25) is 0 Å². The number of rotatable bonds is 4. The van der Waals surface area contributed by atoms with Crippen LogP contribution in [0, 0.1) is 0 Å². The number of hydrogen-bond donors (Lipinski definition) is 3. The average molecular weight is 274 g/mol. The summed E-state index contributed by atoms with van der Waals surface area (Å²) in [5.74, 6) is -0.955. The van der Waals surface area contributed by atoms with Crippen LogP contribution >= 0.6 is 0 Å². The Morgan fingerprint density at radius 2 is 2.16 bits per heavy atom. The Morgan fingerprint density at radius 1 is 1.53 bits per heavy atom. The number of urea groups is 1. The molecule has 1 heterocycles. The zero-order chi connectivity index (χ0) is 14.6.